The van der Waals surface area contributed by atoms with E-state index in [4.69, 9.17) is 11.6 Å². The second-order valence-corrected chi connectivity index (χ2v) is 5.98. The van der Waals surface area contributed by atoms with Gasteiger partial charge in [-0.15, -0.1) is 11.6 Å². The Bertz CT molecular complexity index is 381. The minimum atomic E-state index is -0.0827. The minimum Gasteiger partial charge on any atom is -0.351 e. The Hall–Kier alpha value is -0.540. The predicted molar refractivity (Wildman–Crippen MR) is 75.6 cm³/mol. The van der Waals surface area contributed by atoms with Gasteiger partial charge >= 0.3 is 0 Å². The third-order valence-electron chi connectivity index (χ3n) is 2.30. The number of carbonyl (C=O) groups is 1. The molecule has 0 aliphatic rings. The molecule has 0 saturated heterocycles. The number of halogens is 2. The number of hydrogen-bond donors (Lipinski definition) is 1. The lowest BCUT2D eigenvalue weighted by molar-refractivity contribution is 0.0953. The zero-order chi connectivity index (χ0) is 12.8. The van der Waals surface area contributed by atoms with E-state index < -0.39 is 0 Å². The molecule has 1 unspecified atom stereocenters. The van der Waals surface area contributed by atoms with E-state index in [1.807, 2.05) is 12.1 Å². The smallest absolute Gasteiger partial charge is 0.251 e. The molecule has 0 fully saturated rings. The average molecular weight is 319 g/mol. The summed E-state index contributed by atoms with van der Waals surface area (Å²) in [5.41, 5.74) is 0.646. The van der Waals surface area contributed by atoms with Crippen LogP contribution in [0.5, 0.6) is 0 Å². The van der Waals surface area contributed by atoms with Gasteiger partial charge in [0.25, 0.3) is 5.91 Å². The highest BCUT2D eigenvalue weighted by Crippen LogP contribution is 2.12. The van der Waals surface area contributed by atoms with Crippen LogP contribution in [0.15, 0.2) is 28.7 Å². The fourth-order valence-corrected chi connectivity index (χ4v) is 2.36. The van der Waals surface area contributed by atoms with Crippen LogP contribution < -0.4 is 5.32 Å². The molecule has 0 heterocycles. The standard InChI is InChI=1S/C13H17BrClNO/c1-9(2)6-12(15)8-16-13(17)10-4-3-5-11(14)7-10/h3-5,7,9,12H,6,8H2,1-2H3,(H,16,17). The first-order valence-electron chi connectivity index (χ1n) is 5.67. The summed E-state index contributed by atoms with van der Waals surface area (Å²) in [6.07, 6.45) is 0.903. The van der Waals surface area contributed by atoms with Gasteiger partial charge in [-0.1, -0.05) is 35.8 Å². The Kier molecular flexibility index (Phi) is 6.00. The highest BCUT2D eigenvalue weighted by molar-refractivity contribution is 9.10. The van der Waals surface area contributed by atoms with Crippen molar-refractivity contribution in [3.63, 3.8) is 0 Å². The maximum Gasteiger partial charge on any atom is 0.251 e. The molecule has 0 spiro atoms. The third-order valence-corrected chi connectivity index (χ3v) is 3.12. The van der Waals surface area contributed by atoms with Crippen LogP contribution in [0.1, 0.15) is 30.6 Å². The van der Waals surface area contributed by atoms with Crippen LogP contribution in [0.3, 0.4) is 0 Å². The molecule has 2 nitrogen and oxygen atoms in total. The molecule has 1 N–H and O–H groups in total. The molecule has 4 heteroatoms. The lowest BCUT2D eigenvalue weighted by Crippen LogP contribution is -2.30. The van der Waals surface area contributed by atoms with Crippen LogP contribution in [0, 0.1) is 5.92 Å². The van der Waals surface area contributed by atoms with E-state index in [0.29, 0.717) is 18.0 Å². The number of carbonyl (C=O) groups excluding carboxylic acids is 1. The van der Waals surface area contributed by atoms with Crippen molar-refractivity contribution in [3.05, 3.63) is 34.3 Å². The van der Waals surface area contributed by atoms with Gasteiger partial charge in [-0.3, -0.25) is 4.79 Å². The van der Waals surface area contributed by atoms with Crippen LogP contribution >= 0.6 is 27.5 Å². The maximum absolute atomic E-state index is 11.8. The Labute approximate surface area is 116 Å². The van der Waals surface area contributed by atoms with E-state index in [1.54, 1.807) is 12.1 Å². The van der Waals surface area contributed by atoms with Gasteiger partial charge in [0.2, 0.25) is 0 Å². The monoisotopic (exact) mass is 317 g/mol. The molecular weight excluding hydrogens is 302 g/mol. The summed E-state index contributed by atoms with van der Waals surface area (Å²) in [4.78, 5) is 11.8. The Morgan fingerprint density at radius 1 is 1.47 bits per heavy atom. The lowest BCUT2D eigenvalue weighted by atomic mass is 10.1. The van der Waals surface area contributed by atoms with Gasteiger partial charge < -0.3 is 5.32 Å². The van der Waals surface area contributed by atoms with Crippen molar-refractivity contribution in [1.29, 1.82) is 0 Å². The Morgan fingerprint density at radius 3 is 2.76 bits per heavy atom. The quantitative estimate of drug-likeness (QED) is 0.821. The summed E-state index contributed by atoms with van der Waals surface area (Å²) in [5.74, 6) is 0.459. The van der Waals surface area contributed by atoms with Crippen LogP contribution in [0.2, 0.25) is 0 Å². The summed E-state index contributed by atoms with van der Waals surface area (Å²) in [6.45, 7) is 4.74. The molecule has 17 heavy (non-hydrogen) atoms. The van der Waals surface area contributed by atoms with E-state index in [-0.39, 0.29) is 11.3 Å². The zero-order valence-electron chi connectivity index (χ0n) is 10.0. The lowest BCUT2D eigenvalue weighted by Gasteiger charge is -2.13. The number of hydrogen-bond acceptors (Lipinski definition) is 1. The number of nitrogens with one attached hydrogen (secondary N) is 1. The fraction of sp³-hybridized carbons (Fsp3) is 0.462. The van der Waals surface area contributed by atoms with Gasteiger partial charge in [0.05, 0.1) is 5.38 Å². The first-order valence-corrected chi connectivity index (χ1v) is 6.90. The summed E-state index contributed by atoms with van der Waals surface area (Å²) < 4.78 is 0.898. The number of benzene rings is 1. The molecule has 0 aromatic heterocycles. The van der Waals surface area contributed by atoms with Crippen molar-refractivity contribution in [3.8, 4) is 0 Å². The number of alkyl halides is 1. The number of rotatable bonds is 5. The Balaban J connectivity index is 2.45. The molecule has 1 aromatic rings. The van der Waals surface area contributed by atoms with Crippen molar-refractivity contribution in [2.45, 2.75) is 25.6 Å². The average Bonchev–Trinajstić information content (AvgIpc) is 2.25. The molecule has 0 aliphatic carbocycles. The zero-order valence-corrected chi connectivity index (χ0v) is 12.4. The minimum absolute atomic E-state index is 0.00824. The van der Waals surface area contributed by atoms with Crippen molar-refractivity contribution < 1.29 is 4.79 Å². The normalized spacial score (nSPS) is 12.5. The van der Waals surface area contributed by atoms with Crippen LogP contribution in [-0.2, 0) is 0 Å². The van der Waals surface area contributed by atoms with E-state index in [9.17, 15) is 4.79 Å². The van der Waals surface area contributed by atoms with E-state index in [0.717, 1.165) is 10.9 Å². The van der Waals surface area contributed by atoms with E-state index >= 15 is 0 Å². The third kappa shape index (κ3) is 5.55. The second kappa shape index (κ2) is 7.02. The summed E-state index contributed by atoms with van der Waals surface area (Å²) in [5, 5.41) is 2.83. The van der Waals surface area contributed by atoms with Gasteiger partial charge in [-0.2, -0.15) is 0 Å². The molecule has 1 aromatic carbocycles. The molecule has 0 saturated carbocycles. The van der Waals surface area contributed by atoms with Gasteiger partial charge in [0, 0.05) is 16.6 Å². The summed E-state index contributed by atoms with van der Waals surface area (Å²) in [6, 6.07) is 7.30. The Morgan fingerprint density at radius 2 is 2.18 bits per heavy atom. The molecule has 0 bridgehead atoms. The molecule has 1 atom stereocenters. The van der Waals surface area contributed by atoms with Crippen LogP contribution in [0.25, 0.3) is 0 Å². The van der Waals surface area contributed by atoms with Crippen LogP contribution in [-0.4, -0.2) is 17.8 Å². The first kappa shape index (κ1) is 14.5. The predicted octanol–water partition coefficient (Wildman–Crippen LogP) is 3.83. The molecule has 1 rings (SSSR count). The molecular formula is C13H17BrClNO. The summed E-state index contributed by atoms with van der Waals surface area (Å²) in [7, 11) is 0. The van der Waals surface area contributed by atoms with Gasteiger partial charge in [0.1, 0.15) is 0 Å². The molecule has 94 valence electrons. The van der Waals surface area contributed by atoms with Crippen molar-refractivity contribution in [1.82, 2.24) is 5.32 Å². The molecule has 0 aliphatic heterocycles. The maximum atomic E-state index is 11.8. The van der Waals surface area contributed by atoms with Crippen LogP contribution in [0.4, 0.5) is 0 Å². The van der Waals surface area contributed by atoms with Gasteiger partial charge in [-0.05, 0) is 30.5 Å². The molecule has 1 amide bonds. The SMILES string of the molecule is CC(C)CC(Cl)CNC(=O)c1cccc(Br)c1. The van der Waals surface area contributed by atoms with Crippen molar-refractivity contribution in [2.24, 2.45) is 5.92 Å². The van der Waals surface area contributed by atoms with Crippen molar-refractivity contribution >= 4 is 33.4 Å². The largest absolute Gasteiger partial charge is 0.351 e. The highest BCUT2D eigenvalue weighted by atomic mass is 79.9. The van der Waals surface area contributed by atoms with Gasteiger partial charge in [-0.25, -0.2) is 0 Å². The first-order chi connectivity index (χ1) is 7.99. The fourth-order valence-electron chi connectivity index (χ4n) is 1.53. The second-order valence-electron chi connectivity index (χ2n) is 4.45. The van der Waals surface area contributed by atoms with E-state index in [2.05, 4.69) is 35.1 Å². The topological polar surface area (TPSA) is 29.1 Å². The van der Waals surface area contributed by atoms with E-state index in [1.165, 1.54) is 0 Å². The van der Waals surface area contributed by atoms with Gasteiger partial charge in [0.15, 0.2) is 0 Å². The molecule has 0 radical (unpaired) electrons. The highest BCUT2D eigenvalue weighted by Gasteiger charge is 2.10. The summed E-state index contributed by atoms with van der Waals surface area (Å²) >= 11 is 9.45. The van der Waals surface area contributed by atoms with Crippen molar-refractivity contribution in [2.75, 3.05) is 6.54 Å². The number of amides is 1.